The number of nitrogens with one attached hydrogen (secondary N) is 2. The first-order valence-corrected chi connectivity index (χ1v) is 7.57. The Kier molecular flexibility index (Phi) is 3.56. The number of benzene rings is 1. The minimum Gasteiger partial charge on any atom is -0.326 e. The normalized spacial score (nSPS) is 15.2. The zero-order chi connectivity index (χ0) is 13.2. The smallest absolute Gasteiger partial charge is 0.232 e. The molecule has 6 heteroatoms. The number of hydrogen-bond donors (Lipinski definition) is 2. The van der Waals surface area contributed by atoms with E-state index < -0.39 is 10.0 Å². The van der Waals surface area contributed by atoms with Crippen molar-refractivity contribution in [3.63, 3.8) is 0 Å². The van der Waals surface area contributed by atoms with Crippen LogP contribution in [-0.4, -0.2) is 20.1 Å². The summed E-state index contributed by atoms with van der Waals surface area (Å²) in [5, 5.41) is 2.77. The van der Waals surface area contributed by atoms with Crippen molar-refractivity contribution in [1.29, 1.82) is 0 Å². The van der Waals surface area contributed by atoms with Gasteiger partial charge in [0.05, 0.1) is 11.4 Å². The van der Waals surface area contributed by atoms with E-state index in [2.05, 4.69) is 10.0 Å². The van der Waals surface area contributed by atoms with Gasteiger partial charge in [-0.25, -0.2) is 8.42 Å². The van der Waals surface area contributed by atoms with Crippen LogP contribution in [0.4, 0.5) is 11.4 Å². The van der Waals surface area contributed by atoms with Gasteiger partial charge in [-0.15, -0.1) is 0 Å². The quantitative estimate of drug-likeness (QED) is 0.855. The van der Waals surface area contributed by atoms with Crippen molar-refractivity contribution in [3.8, 4) is 0 Å². The molecule has 0 saturated heterocycles. The van der Waals surface area contributed by atoms with Crippen LogP contribution in [0.1, 0.15) is 19.8 Å². The van der Waals surface area contributed by atoms with Gasteiger partial charge in [0.15, 0.2) is 0 Å². The molecule has 1 aliphatic carbocycles. The van der Waals surface area contributed by atoms with Gasteiger partial charge < -0.3 is 5.32 Å². The molecule has 98 valence electrons. The van der Waals surface area contributed by atoms with Crippen LogP contribution in [0, 0.1) is 5.92 Å². The second-order valence-electron chi connectivity index (χ2n) is 4.35. The number of carbonyl (C=O) groups excluding carboxylic acids is 1. The average Bonchev–Trinajstić information content (AvgIpc) is 3.12. The van der Waals surface area contributed by atoms with Gasteiger partial charge in [-0.05, 0) is 38.0 Å². The van der Waals surface area contributed by atoms with Gasteiger partial charge in [0.25, 0.3) is 0 Å². The van der Waals surface area contributed by atoms with Crippen molar-refractivity contribution >= 4 is 27.3 Å². The SMILES string of the molecule is CCS(=O)(=O)Nc1cccc(NC(=O)C2CC2)c1. The Bertz CT molecular complexity index is 550. The lowest BCUT2D eigenvalue weighted by atomic mass is 10.2. The van der Waals surface area contributed by atoms with E-state index in [1.54, 1.807) is 31.2 Å². The predicted octanol–water partition coefficient (Wildman–Crippen LogP) is 1.80. The molecule has 0 aromatic heterocycles. The molecule has 5 nitrogen and oxygen atoms in total. The molecule has 1 aromatic rings. The lowest BCUT2D eigenvalue weighted by molar-refractivity contribution is -0.117. The van der Waals surface area contributed by atoms with Gasteiger partial charge >= 0.3 is 0 Å². The summed E-state index contributed by atoms with van der Waals surface area (Å²) in [6, 6.07) is 6.72. The zero-order valence-electron chi connectivity index (χ0n) is 10.1. The van der Waals surface area contributed by atoms with Crippen LogP contribution in [0.15, 0.2) is 24.3 Å². The Morgan fingerprint density at radius 1 is 1.33 bits per heavy atom. The minimum atomic E-state index is -3.28. The monoisotopic (exact) mass is 268 g/mol. The molecular weight excluding hydrogens is 252 g/mol. The second kappa shape index (κ2) is 4.97. The molecule has 1 fully saturated rings. The van der Waals surface area contributed by atoms with Gasteiger partial charge in [-0.1, -0.05) is 6.07 Å². The molecule has 1 saturated carbocycles. The van der Waals surface area contributed by atoms with Crippen molar-refractivity contribution in [2.24, 2.45) is 5.92 Å². The van der Waals surface area contributed by atoms with Crippen LogP contribution in [0.25, 0.3) is 0 Å². The molecule has 1 aromatic carbocycles. The molecule has 1 amide bonds. The fourth-order valence-corrected chi connectivity index (χ4v) is 2.13. The Morgan fingerprint density at radius 3 is 2.61 bits per heavy atom. The van der Waals surface area contributed by atoms with Crippen LogP contribution < -0.4 is 10.0 Å². The number of hydrogen-bond acceptors (Lipinski definition) is 3. The van der Waals surface area contributed by atoms with Gasteiger partial charge in [0, 0.05) is 11.6 Å². The lowest BCUT2D eigenvalue weighted by Gasteiger charge is -2.09. The first-order valence-electron chi connectivity index (χ1n) is 5.91. The molecule has 0 spiro atoms. The van der Waals surface area contributed by atoms with Crippen molar-refractivity contribution in [3.05, 3.63) is 24.3 Å². The Hall–Kier alpha value is -1.56. The first kappa shape index (κ1) is 12.9. The van der Waals surface area contributed by atoms with E-state index in [-0.39, 0.29) is 17.6 Å². The Labute approximate surface area is 107 Å². The molecular formula is C12H16N2O3S. The summed E-state index contributed by atoms with van der Waals surface area (Å²) >= 11 is 0. The summed E-state index contributed by atoms with van der Waals surface area (Å²) in [4.78, 5) is 11.6. The van der Waals surface area contributed by atoms with Crippen LogP contribution >= 0.6 is 0 Å². The number of anilines is 2. The van der Waals surface area contributed by atoms with E-state index >= 15 is 0 Å². The minimum absolute atomic E-state index is 0.00509. The Balaban J connectivity index is 2.07. The van der Waals surface area contributed by atoms with E-state index in [4.69, 9.17) is 0 Å². The maximum atomic E-state index is 11.6. The molecule has 1 aliphatic rings. The van der Waals surface area contributed by atoms with E-state index in [1.807, 2.05) is 0 Å². The van der Waals surface area contributed by atoms with E-state index in [1.165, 1.54) is 0 Å². The predicted molar refractivity (Wildman–Crippen MR) is 70.9 cm³/mol. The highest BCUT2D eigenvalue weighted by molar-refractivity contribution is 7.92. The molecule has 0 atom stereocenters. The second-order valence-corrected chi connectivity index (χ2v) is 6.36. The van der Waals surface area contributed by atoms with Crippen LogP contribution in [0.3, 0.4) is 0 Å². The molecule has 18 heavy (non-hydrogen) atoms. The third kappa shape index (κ3) is 3.46. The number of sulfonamides is 1. The lowest BCUT2D eigenvalue weighted by Crippen LogP contribution is -2.16. The first-order chi connectivity index (χ1) is 8.50. The van der Waals surface area contributed by atoms with Gasteiger partial charge in [-0.3, -0.25) is 9.52 Å². The van der Waals surface area contributed by atoms with E-state index in [0.717, 1.165) is 12.8 Å². The van der Waals surface area contributed by atoms with Gasteiger partial charge in [0.2, 0.25) is 15.9 Å². The number of rotatable bonds is 5. The maximum Gasteiger partial charge on any atom is 0.232 e. The third-order valence-corrected chi connectivity index (χ3v) is 4.04. The van der Waals surface area contributed by atoms with Crippen LogP contribution in [0.5, 0.6) is 0 Å². The van der Waals surface area contributed by atoms with Crippen molar-refractivity contribution in [1.82, 2.24) is 0 Å². The summed E-state index contributed by atoms with van der Waals surface area (Å²) in [7, 11) is -3.28. The molecule has 0 unspecified atom stereocenters. The van der Waals surface area contributed by atoms with Crippen LogP contribution in [0.2, 0.25) is 0 Å². The van der Waals surface area contributed by atoms with Crippen LogP contribution in [-0.2, 0) is 14.8 Å². The average molecular weight is 268 g/mol. The number of carbonyl (C=O) groups is 1. The molecule has 0 aliphatic heterocycles. The highest BCUT2D eigenvalue weighted by Gasteiger charge is 2.29. The maximum absolute atomic E-state index is 11.6. The van der Waals surface area contributed by atoms with E-state index in [9.17, 15) is 13.2 Å². The van der Waals surface area contributed by atoms with Crippen molar-refractivity contribution in [2.45, 2.75) is 19.8 Å². The summed E-state index contributed by atoms with van der Waals surface area (Å²) < 4.78 is 25.3. The highest BCUT2D eigenvalue weighted by Crippen LogP contribution is 2.30. The fourth-order valence-electron chi connectivity index (χ4n) is 1.50. The third-order valence-electron chi connectivity index (χ3n) is 2.73. The summed E-state index contributed by atoms with van der Waals surface area (Å²) in [5.74, 6) is 0.151. The summed E-state index contributed by atoms with van der Waals surface area (Å²) in [6.07, 6.45) is 1.88. The van der Waals surface area contributed by atoms with E-state index in [0.29, 0.717) is 11.4 Å². The largest absolute Gasteiger partial charge is 0.326 e. The van der Waals surface area contributed by atoms with Gasteiger partial charge in [0.1, 0.15) is 0 Å². The highest BCUT2D eigenvalue weighted by atomic mass is 32.2. The van der Waals surface area contributed by atoms with Crippen molar-refractivity contribution in [2.75, 3.05) is 15.8 Å². The Morgan fingerprint density at radius 2 is 2.00 bits per heavy atom. The van der Waals surface area contributed by atoms with Gasteiger partial charge in [-0.2, -0.15) is 0 Å². The standard InChI is InChI=1S/C12H16N2O3S/c1-2-18(16,17)14-11-5-3-4-10(8-11)13-12(15)9-6-7-9/h3-5,8-9,14H,2,6-7H2,1H3,(H,13,15). The molecule has 2 N–H and O–H groups in total. The molecule has 2 rings (SSSR count). The molecule has 0 radical (unpaired) electrons. The molecule has 0 bridgehead atoms. The fraction of sp³-hybridized carbons (Fsp3) is 0.417. The summed E-state index contributed by atoms with van der Waals surface area (Å²) in [5.41, 5.74) is 1.08. The summed E-state index contributed by atoms with van der Waals surface area (Å²) in [6.45, 7) is 1.57. The topological polar surface area (TPSA) is 75.3 Å². The number of amides is 1. The molecule has 0 heterocycles. The zero-order valence-corrected chi connectivity index (χ0v) is 11.0. The van der Waals surface area contributed by atoms with Crippen molar-refractivity contribution < 1.29 is 13.2 Å².